The zero-order chi connectivity index (χ0) is 20.1. The van der Waals surface area contributed by atoms with E-state index >= 15 is 0 Å². The number of aryl methyl sites for hydroxylation is 1. The molecule has 3 rings (SSSR count). The van der Waals surface area contributed by atoms with E-state index in [0.717, 1.165) is 10.0 Å². The summed E-state index contributed by atoms with van der Waals surface area (Å²) >= 11 is 3.34. The molecule has 0 unspecified atom stereocenters. The third kappa shape index (κ3) is 4.93. The van der Waals surface area contributed by atoms with Crippen molar-refractivity contribution in [1.29, 1.82) is 5.26 Å². The SMILES string of the molecule is Cc1cc(Cc2ccc(C#N)cc2)c(=O)n(CC(=O)Nc2ccc(Br)cc2)n1. The van der Waals surface area contributed by atoms with Gasteiger partial charge in [-0.15, -0.1) is 0 Å². The van der Waals surface area contributed by atoms with Crippen LogP contribution in [0.2, 0.25) is 0 Å². The van der Waals surface area contributed by atoms with Gasteiger partial charge in [0, 0.05) is 22.1 Å². The maximum absolute atomic E-state index is 12.7. The van der Waals surface area contributed by atoms with Crippen LogP contribution in [0, 0.1) is 18.3 Å². The number of carbonyl (C=O) groups is 1. The molecule has 140 valence electrons. The van der Waals surface area contributed by atoms with Crippen LogP contribution in [-0.2, 0) is 17.8 Å². The number of halogens is 1. The predicted molar refractivity (Wildman–Crippen MR) is 110 cm³/mol. The standard InChI is InChI=1S/C21H17BrN4O2/c1-14-10-17(11-15-2-4-16(12-23)5-3-15)21(28)26(25-14)13-20(27)24-19-8-6-18(22)7-9-19/h2-10H,11,13H2,1H3,(H,24,27). The molecule has 0 aliphatic carbocycles. The van der Waals surface area contributed by atoms with Crippen LogP contribution < -0.4 is 10.9 Å². The summed E-state index contributed by atoms with van der Waals surface area (Å²) in [5, 5.41) is 15.8. The maximum atomic E-state index is 12.7. The highest BCUT2D eigenvalue weighted by molar-refractivity contribution is 9.10. The Morgan fingerprint density at radius 3 is 2.50 bits per heavy atom. The van der Waals surface area contributed by atoms with Crippen LogP contribution >= 0.6 is 15.9 Å². The van der Waals surface area contributed by atoms with Crippen LogP contribution in [0.1, 0.15) is 22.4 Å². The first-order valence-electron chi connectivity index (χ1n) is 8.57. The van der Waals surface area contributed by atoms with Gasteiger partial charge in [0.1, 0.15) is 6.54 Å². The van der Waals surface area contributed by atoms with E-state index in [9.17, 15) is 9.59 Å². The average molecular weight is 437 g/mol. The quantitative estimate of drug-likeness (QED) is 0.663. The highest BCUT2D eigenvalue weighted by Crippen LogP contribution is 2.14. The van der Waals surface area contributed by atoms with Crippen molar-refractivity contribution in [2.45, 2.75) is 19.9 Å². The molecule has 1 aromatic heterocycles. The number of rotatable bonds is 5. The molecule has 7 heteroatoms. The van der Waals surface area contributed by atoms with Crippen LogP contribution in [0.4, 0.5) is 5.69 Å². The van der Waals surface area contributed by atoms with Gasteiger partial charge < -0.3 is 5.32 Å². The molecule has 28 heavy (non-hydrogen) atoms. The minimum atomic E-state index is -0.327. The van der Waals surface area contributed by atoms with Gasteiger partial charge in [0.25, 0.3) is 5.56 Å². The number of hydrogen-bond donors (Lipinski definition) is 1. The molecule has 0 aliphatic heterocycles. The number of amides is 1. The zero-order valence-electron chi connectivity index (χ0n) is 15.1. The smallest absolute Gasteiger partial charge is 0.270 e. The highest BCUT2D eigenvalue weighted by Gasteiger charge is 2.11. The summed E-state index contributed by atoms with van der Waals surface area (Å²) in [5.74, 6) is -0.327. The zero-order valence-corrected chi connectivity index (χ0v) is 16.7. The van der Waals surface area contributed by atoms with E-state index in [2.05, 4.69) is 32.4 Å². The van der Waals surface area contributed by atoms with Crippen molar-refractivity contribution < 1.29 is 4.79 Å². The van der Waals surface area contributed by atoms with Gasteiger partial charge in [0.05, 0.1) is 17.3 Å². The molecule has 6 nitrogen and oxygen atoms in total. The van der Waals surface area contributed by atoms with Crippen molar-refractivity contribution in [3.05, 3.63) is 91.8 Å². The highest BCUT2D eigenvalue weighted by atomic mass is 79.9. The first kappa shape index (κ1) is 19.5. The largest absolute Gasteiger partial charge is 0.324 e. The van der Waals surface area contributed by atoms with Gasteiger partial charge in [-0.3, -0.25) is 9.59 Å². The fourth-order valence-corrected chi connectivity index (χ4v) is 3.03. The molecule has 0 atom stereocenters. The van der Waals surface area contributed by atoms with E-state index in [4.69, 9.17) is 5.26 Å². The molecule has 0 bridgehead atoms. The third-order valence-corrected chi connectivity index (χ3v) is 4.60. The molecule has 2 aromatic carbocycles. The number of anilines is 1. The lowest BCUT2D eigenvalue weighted by molar-refractivity contribution is -0.117. The lowest BCUT2D eigenvalue weighted by Crippen LogP contribution is -2.32. The van der Waals surface area contributed by atoms with Gasteiger partial charge >= 0.3 is 0 Å². The molecule has 0 fully saturated rings. The van der Waals surface area contributed by atoms with Gasteiger partial charge in [-0.25, -0.2) is 4.68 Å². The Labute approximate surface area is 170 Å². The predicted octanol–water partition coefficient (Wildman–Crippen LogP) is 3.42. The Balaban J connectivity index is 1.78. The average Bonchev–Trinajstić information content (AvgIpc) is 2.68. The van der Waals surface area contributed by atoms with Gasteiger partial charge in [0.15, 0.2) is 0 Å². The number of nitriles is 1. The molecule has 1 heterocycles. The second kappa shape index (κ2) is 8.63. The van der Waals surface area contributed by atoms with Crippen molar-refractivity contribution in [2.75, 3.05) is 5.32 Å². The normalized spacial score (nSPS) is 10.3. The lowest BCUT2D eigenvalue weighted by Gasteiger charge is -2.10. The Hall–Kier alpha value is -3.24. The second-order valence-corrected chi connectivity index (χ2v) is 7.23. The minimum Gasteiger partial charge on any atom is -0.324 e. The van der Waals surface area contributed by atoms with Crippen molar-refractivity contribution in [3.8, 4) is 6.07 Å². The minimum absolute atomic E-state index is 0.170. The molecule has 1 N–H and O–H groups in total. The van der Waals surface area contributed by atoms with Crippen LogP contribution in [0.5, 0.6) is 0 Å². The van der Waals surface area contributed by atoms with Crippen LogP contribution in [0.25, 0.3) is 0 Å². The lowest BCUT2D eigenvalue weighted by atomic mass is 10.0. The van der Waals surface area contributed by atoms with E-state index in [-0.39, 0.29) is 18.0 Å². The fraction of sp³-hybridized carbons (Fsp3) is 0.143. The number of nitrogens with one attached hydrogen (secondary N) is 1. The molecular formula is C21H17BrN4O2. The topological polar surface area (TPSA) is 87.8 Å². The Morgan fingerprint density at radius 1 is 1.18 bits per heavy atom. The molecule has 0 saturated carbocycles. The molecular weight excluding hydrogens is 420 g/mol. The van der Waals surface area contributed by atoms with Crippen molar-refractivity contribution >= 4 is 27.5 Å². The van der Waals surface area contributed by atoms with Crippen LogP contribution in [0.15, 0.2) is 63.9 Å². The van der Waals surface area contributed by atoms with Gasteiger partial charge in [-0.05, 0) is 55.0 Å². The molecule has 0 saturated heterocycles. The number of hydrogen-bond acceptors (Lipinski definition) is 4. The first-order chi connectivity index (χ1) is 13.4. The summed E-state index contributed by atoms with van der Waals surface area (Å²) < 4.78 is 2.09. The Bertz CT molecular complexity index is 1100. The molecule has 0 aliphatic rings. The first-order valence-corrected chi connectivity index (χ1v) is 9.36. The van der Waals surface area contributed by atoms with Crippen molar-refractivity contribution in [1.82, 2.24) is 9.78 Å². The van der Waals surface area contributed by atoms with E-state index in [0.29, 0.717) is 28.9 Å². The summed E-state index contributed by atoms with van der Waals surface area (Å²) in [7, 11) is 0. The summed E-state index contributed by atoms with van der Waals surface area (Å²) in [6.45, 7) is 1.61. The summed E-state index contributed by atoms with van der Waals surface area (Å²) in [5.41, 5.74) is 3.02. The van der Waals surface area contributed by atoms with Gasteiger partial charge in [-0.2, -0.15) is 10.4 Å². The summed E-state index contributed by atoms with van der Waals surface area (Å²) in [6, 6.07) is 18.0. The summed E-state index contributed by atoms with van der Waals surface area (Å²) in [6.07, 6.45) is 0.405. The maximum Gasteiger partial charge on any atom is 0.270 e. The fourth-order valence-electron chi connectivity index (χ4n) is 2.76. The number of aromatic nitrogens is 2. The third-order valence-electron chi connectivity index (χ3n) is 4.07. The molecule has 3 aromatic rings. The molecule has 0 spiro atoms. The Morgan fingerprint density at radius 2 is 1.86 bits per heavy atom. The van der Waals surface area contributed by atoms with E-state index in [1.54, 1.807) is 37.3 Å². The van der Waals surface area contributed by atoms with Gasteiger partial charge in [-0.1, -0.05) is 28.1 Å². The molecule has 0 radical (unpaired) electrons. The van der Waals surface area contributed by atoms with Crippen LogP contribution in [-0.4, -0.2) is 15.7 Å². The number of nitrogens with zero attached hydrogens (tertiary/aromatic N) is 3. The van der Waals surface area contributed by atoms with E-state index in [1.165, 1.54) is 4.68 Å². The Kier molecular flexibility index (Phi) is 6.02. The van der Waals surface area contributed by atoms with E-state index in [1.807, 2.05) is 24.3 Å². The van der Waals surface area contributed by atoms with E-state index < -0.39 is 0 Å². The van der Waals surface area contributed by atoms with Crippen molar-refractivity contribution in [2.24, 2.45) is 0 Å². The second-order valence-electron chi connectivity index (χ2n) is 6.31. The summed E-state index contributed by atoms with van der Waals surface area (Å²) in [4.78, 5) is 25.1. The molecule has 1 amide bonds. The monoisotopic (exact) mass is 436 g/mol. The van der Waals surface area contributed by atoms with Crippen LogP contribution in [0.3, 0.4) is 0 Å². The van der Waals surface area contributed by atoms with Crippen molar-refractivity contribution in [3.63, 3.8) is 0 Å². The number of carbonyl (C=O) groups excluding carboxylic acids is 1. The van der Waals surface area contributed by atoms with Gasteiger partial charge in [0.2, 0.25) is 5.91 Å². The number of benzene rings is 2.